The maximum absolute atomic E-state index is 9.09. The van der Waals surface area contributed by atoms with Crippen LogP contribution in [0.3, 0.4) is 0 Å². The molecule has 3 heteroatoms. The average molecular weight is 203 g/mol. The largest absolute Gasteiger partial charge is 0.504 e. The molecule has 1 rings (SSSR count). The van der Waals surface area contributed by atoms with Crippen LogP contribution in [0, 0.1) is 6.92 Å². The van der Waals surface area contributed by atoms with Crippen LogP contribution in [0.2, 0.25) is 0 Å². The van der Waals surface area contributed by atoms with Gasteiger partial charge in [0.25, 0.3) is 0 Å². The highest BCUT2D eigenvalue weighted by atomic mass is 79.9. The van der Waals surface area contributed by atoms with Crippen LogP contribution in [-0.2, 0) is 0 Å². The topological polar surface area (TPSA) is 40.5 Å². The number of aryl methyl sites for hydroxylation is 1. The molecule has 54 valence electrons. The number of hydrogen-bond donors (Lipinski definition) is 2. The van der Waals surface area contributed by atoms with Gasteiger partial charge in [0.15, 0.2) is 11.5 Å². The van der Waals surface area contributed by atoms with Crippen LogP contribution in [0.4, 0.5) is 0 Å². The molecule has 0 aliphatic heterocycles. The summed E-state index contributed by atoms with van der Waals surface area (Å²) in [5, 5.41) is 18.0. The molecule has 0 aliphatic rings. The van der Waals surface area contributed by atoms with Crippen molar-refractivity contribution < 1.29 is 10.2 Å². The molecule has 0 fully saturated rings. The van der Waals surface area contributed by atoms with Crippen LogP contribution in [0.1, 0.15) is 5.56 Å². The molecule has 2 N–H and O–H groups in total. The third kappa shape index (κ3) is 1.09. The molecular weight excluding hydrogens is 196 g/mol. The Balaban J connectivity index is 3.34. The Morgan fingerprint density at radius 2 is 1.90 bits per heavy atom. The number of phenols is 2. The van der Waals surface area contributed by atoms with Crippen LogP contribution in [0.15, 0.2) is 16.6 Å². The fraction of sp³-hybridized carbons (Fsp3) is 0.143. The summed E-state index contributed by atoms with van der Waals surface area (Å²) in [6, 6.07) is 3.18. The van der Waals surface area contributed by atoms with Crippen molar-refractivity contribution in [1.82, 2.24) is 0 Å². The molecule has 1 aromatic carbocycles. The first-order chi connectivity index (χ1) is 4.63. The van der Waals surface area contributed by atoms with Crippen LogP contribution >= 0.6 is 15.9 Å². The maximum Gasteiger partial charge on any atom is 0.172 e. The van der Waals surface area contributed by atoms with Gasteiger partial charge >= 0.3 is 0 Å². The second-order valence-corrected chi connectivity index (χ2v) is 2.86. The van der Waals surface area contributed by atoms with E-state index in [1.54, 1.807) is 6.07 Å². The fourth-order valence-electron chi connectivity index (χ4n) is 0.655. The van der Waals surface area contributed by atoms with E-state index in [4.69, 9.17) is 10.2 Å². The third-order valence-electron chi connectivity index (χ3n) is 1.29. The molecule has 0 aromatic heterocycles. The highest BCUT2D eigenvalue weighted by molar-refractivity contribution is 9.10. The lowest BCUT2D eigenvalue weighted by Gasteiger charge is -2.01. The minimum absolute atomic E-state index is 0.0972. The quantitative estimate of drug-likeness (QED) is 0.634. The zero-order valence-electron chi connectivity index (χ0n) is 5.43. The molecule has 0 aliphatic carbocycles. The molecule has 0 bridgehead atoms. The Morgan fingerprint density at radius 1 is 1.30 bits per heavy atom. The number of hydrogen-bond acceptors (Lipinski definition) is 2. The van der Waals surface area contributed by atoms with Crippen LogP contribution in [-0.4, -0.2) is 10.2 Å². The zero-order chi connectivity index (χ0) is 7.72. The monoisotopic (exact) mass is 202 g/mol. The van der Waals surface area contributed by atoms with E-state index in [1.165, 1.54) is 6.07 Å². The van der Waals surface area contributed by atoms with Crippen LogP contribution in [0.5, 0.6) is 11.5 Å². The Kier molecular flexibility index (Phi) is 1.85. The normalized spacial score (nSPS) is 9.80. The van der Waals surface area contributed by atoms with Gasteiger partial charge in [-0.05, 0) is 34.5 Å². The lowest BCUT2D eigenvalue weighted by atomic mass is 10.2. The highest BCUT2D eigenvalue weighted by Crippen LogP contribution is 2.34. The molecule has 1 aromatic rings. The van der Waals surface area contributed by atoms with Gasteiger partial charge in [-0.2, -0.15) is 0 Å². The molecule has 10 heavy (non-hydrogen) atoms. The van der Waals surface area contributed by atoms with Crippen LogP contribution < -0.4 is 0 Å². The summed E-state index contributed by atoms with van der Waals surface area (Å²) >= 11 is 3.12. The predicted molar refractivity (Wildman–Crippen MR) is 42.2 cm³/mol. The zero-order valence-corrected chi connectivity index (χ0v) is 7.01. The van der Waals surface area contributed by atoms with Crippen molar-refractivity contribution in [2.45, 2.75) is 6.92 Å². The van der Waals surface area contributed by atoms with Gasteiger partial charge in [-0.15, -0.1) is 0 Å². The van der Waals surface area contributed by atoms with Gasteiger partial charge in [0.05, 0.1) is 4.47 Å². The van der Waals surface area contributed by atoms with Crippen molar-refractivity contribution >= 4 is 15.9 Å². The van der Waals surface area contributed by atoms with E-state index in [9.17, 15) is 0 Å². The first-order valence-electron chi connectivity index (χ1n) is 2.80. The minimum atomic E-state index is -0.0996. The summed E-state index contributed by atoms with van der Waals surface area (Å²) in [5.41, 5.74) is 0.898. The highest BCUT2D eigenvalue weighted by Gasteiger charge is 2.04. The molecule has 0 atom stereocenters. The fourth-order valence-corrected chi connectivity index (χ4v) is 0.991. The van der Waals surface area contributed by atoms with Gasteiger partial charge in [-0.3, -0.25) is 0 Å². The van der Waals surface area contributed by atoms with E-state index in [1.807, 2.05) is 6.92 Å². The smallest absolute Gasteiger partial charge is 0.172 e. The van der Waals surface area contributed by atoms with E-state index in [0.29, 0.717) is 4.47 Å². The Labute approximate surface area is 67.3 Å². The van der Waals surface area contributed by atoms with Gasteiger partial charge < -0.3 is 10.2 Å². The van der Waals surface area contributed by atoms with Gasteiger partial charge in [-0.25, -0.2) is 0 Å². The summed E-state index contributed by atoms with van der Waals surface area (Å²) in [6.07, 6.45) is 0. The number of aromatic hydroxyl groups is 2. The summed E-state index contributed by atoms with van der Waals surface area (Å²) in [4.78, 5) is 0. The Bertz CT molecular complexity index is 231. The van der Waals surface area contributed by atoms with E-state index < -0.39 is 0 Å². The molecule has 0 amide bonds. The van der Waals surface area contributed by atoms with Crippen molar-refractivity contribution in [2.75, 3.05) is 0 Å². The minimum Gasteiger partial charge on any atom is -0.504 e. The maximum atomic E-state index is 9.09. The molecule has 0 saturated heterocycles. The van der Waals surface area contributed by atoms with E-state index in [-0.39, 0.29) is 11.5 Å². The summed E-state index contributed by atoms with van der Waals surface area (Å²) in [6.45, 7) is 1.84. The molecule has 0 heterocycles. The summed E-state index contributed by atoms with van der Waals surface area (Å²) < 4.78 is 0.549. The van der Waals surface area contributed by atoms with Crippen molar-refractivity contribution in [3.63, 3.8) is 0 Å². The lowest BCUT2D eigenvalue weighted by Crippen LogP contribution is -1.76. The first kappa shape index (κ1) is 7.41. The number of rotatable bonds is 0. The standard InChI is InChI=1S/C7H7BrO2/c1-4-2-3-5(9)7(10)6(4)8/h2-3,9-10H,1H3. The number of halogens is 1. The average Bonchev–Trinajstić information content (AvgIpc) is 1.93. The van der Waals surface area contributed by atoms with E-state index in [2.05, 4.69) is 15.9 Å². The van der Waals surface area contributed by atoms with Gasteiger partial charge in [0.2, 0.25) is 0 Å². The first-order valence-corrected chi connectivity index (χ1v) is 3.59. The summed E-state index contributed by atoms with van der Waals surface area (Å²) in [7, 11) is 0. The predicted octanol–water partition coefficient (Wildman–Crippen LogP) is 2.17. The molecule has 0 spiro atoms. The number of benzene rings is 1. The number of phenolic OH excluding ortho intramolecular Hbond substituents is 2. The van der Waals surface area contributed by atoms with Crippen molar-refractivity contribution in [2.24, 2.45) is 0 Å². The van der Waals surface area contributed by atoms with E-state index >= 15 is 0 Å². The van der Waals surface area contributed by atoms with Crippen molar-refractivity contribution in [3.8, 4) is 11.5 Å². The molecule has 0 radical (unpaired) electrons. The Hall–Kier alpha value is -0.700. The second kappa shape index (κ2) is 2.50. The molecule has 2 nitrogen and oxygen atoms in total. The van der Waals surface area contributed by atoms with Gasteiger partial charge in [-0.1, -0.05) is 6.07 Å². The second-order valence-electron chi connectivity index (χ2n) is 2.06. The molecular formula is C7H7BrO2. The van der Waals surface area contributed by atoms with Gasteiger partial charge in [0.1, 0.15) is 0 Å². The van der Waals surface area contributed by atoms with Gasteiger partial charge in [0, 0.05) is 0 Å². The lowest BCUT2D eigenvalue weighted by molar-refractivity contribution is 0.401. The Morgan fingerprint density at radius 3 is 2.40 bits per heavy atom. The van der Waals surface area contributed by atoms with E-state index in [0.717, 1.165) is 5.56 Å². The molecule has 0 unspecified atom stereocenters. The van der Waals surface area contributed by atoms with Crippen molar-refractivity contribution in [3.05, 3.63) is 22.2 Å². The SMILES string of the molecule is Cc1ccc(O)c(O)c1Br. The summed E-state index contributed by atoms with van der Waals surface area (Å²) in [5.74, 6) is -0.197. The van der Waals surface area contributed by atoms with Crippen molar-refractivity contribution in [1.29, 1.82) is 0 Å². The molecule has 0 saturated carbocycles. The third-order valence-corrected chi connectivity index (χ3v) is 2.29. The van der Waals surface area contributed by atoms with Crippen LogP contribution in [0.25, 0.3) is 0 Å².